The van der Waals surface area contributed by atoms with Crippen LogP contribution in [0.4, 0.5) is 0 Å². The van der Waals surface area contributed by atoms with Crippen molar-refractivity contribution in [3.8, 4) is 5.75 Å². The number of aromatic amines is 1. The molecule has 2 heterocycles. The summed E-state index contributed by atoms with van der Waals surface area (Å²) in [5, 5.41) is 10.5. The molecule has 4 rings (SSSR count). The monoisotopic (exact) mass is 398 g/mol. The molecule has 1 unspecified atom stereocenters. The summed E-state index contributed by atoms with van der Waals surface area (Å²) in [6.45, 7) is 6.30. The van der Waals surface area contributed by atoms with Gasteiger partial charge >= 0.3 is 0 Å². The predicted molar refractivity (Wildman–Crippen MR) is 110 cm³/mol. The minimum Gasteiger partial charge on any atom is -0.494 e. The number of nitrogens with one attached hydrogen (secondary N) is 2. The Morgan fingerprint density at radius 1 is 1.24 bits per heavy atom. The summed E-state index contributed by atoms with van der Waals surface area (Å²) >= 11 is 0. The highest BCUT2D eigenvalue weighted by Crippen LogP contribution is 2.25. The number of rotatable bonds is 7. The average molecular weight is 399 g/mol. The normalized spacial score (nSPS) is 18.1. The molecule has 1 atom stereocenters. The zero-order valence-corrected chi connectivity index (χ0v) is 17.1. The number of aromatic nitrogens is 2. The molecule has 0 saturated carbocycles. The van der Waals surface area contributed by atoms with Crippen LogP contribution in [0.2, 0.25) is 0 Å². The van der Waals surface area contributed by atoms with E-state index in [2.05, 4.69) is 32.5 Å². The van der Waals surface area contributed by atoms with Gasteiger partial charge in [-0.2, -0.15) is 5.10 Å². The summed E-state index contributed by atoms with van der Waals surface area (Å²) < 4.78 is 11.1. The topological polar surface area (TPSA) is 79.5 Å². The van der Waals surface area contributed by atoms with Crippen molar-refractivity contribution in [2.45, 2.75) is 38.6 Å². The number of carbonyl (C=O) groups excluding carboxylic acids is 1. The third-order valence-corrected chi connectivity index (χ3v) is 5.79. The van der Waals surface area contributed by atoms with E-state index in [9.17, 15) is 4.79 Å². The highest BCUT2D eigenvalue weighted by Gasteiger charge is 2.26. The molecule has 2 N–H and O–H groups in total. The Bertz CT molecular complexity index is 812. The maximum Gasteiger partial charge on any atom is 0.272 e. The van der Waals surface area contributed by atoms with Gasteiger partial charge in [-0.05, 0) is 50.3 Å². The van der Waals surface area contributed by atoms with E-state index in [1.807, 2.05) is 19.1 Å². The van der Waals surface area contributed by atoms with Crippen LogP contribution in [0.1, 0.15) is 53.1 Å². The number of hydrogen-bond donors (Lipinski definition) is 2. The second-order valence-corrected chi connectivity index (χ2v) is 7.61. The lowest BCUT2D eigenvalue weighted by atomic mass is 9.95. The number of morpholine rings is 1. The molecule has 1 aromatic carbocycles. The van der Waals surface area contributed by atoms with Gasteiger partial charge in [0.25, 0.3) is 5.91 Å². The molecule has 1 fully saturated rings. The molecule has 0 bridgehead atoms. The smallest absolute Gasteiger partial charge is 0.272 e. The number of H-pyrrole nitrogens is 1. The van der Waals surface area contributed by atoms with Crippen molar-refractivity contribution in [2.75, 3.05) is 39.5 Å². The van der Waals surface area contributed by atoms with E-state index in [0.29, 0.717) is 32.1 Å². The predicted octanol–water partition coefficient (Wildman–Crippen LogP) is 2.49. The van der Waals surface area contributed by atoms with Gasteiger partial charge < -0.3 is 14.8 Å². The standard InChI is InChI=1S/C22H30N4O3/c1-2-29-17-9-7-16(8-10-17)20(26-11-13-28-14-12-26)15-23-22(27)21-18-5-3-4-6-19(18)24-25-21/h7-10,20H,2-6,11-15H2,1H3,(H,23,27)(H,24,25). The lowest BCUT2D eigenvalue weighted by Crippen LogP contribution is -2.44. The second-order valence-electron chi connectivity index (χ2n) is 7.61. The fourth-order valence-corrected chi connectivity index (χ4v) is 4.24. The van der Waals surface area contributed by atoms with Crippen LogP contribution in [0.5, 0.6) is 5.75 Å². The number of fused-ring (bicyclic) bond motifs is 1. The lowest BCUT2D eigenvalue weighted by molar-refractivity contribution is 0.0162. The summed E-state index contributed by atoms with van der Waals surface area (Å²) in [4.78, 5) is 15.3. The van der Waals surface area contributed by atoms with Crippen LogP contribution in [0.15, 0.2) is 24.3 Å². The Morgan fingerprint density at radius 3 is 2.76 bits per heavy atom. The van der Waals surface area contributed by atoms with Gasteiger partial charge in [-0.3, -0.25) is 14.8 Å². The van der Waals surface area contributed by atoms with Crippen molar-refractivity contribution < 1.29 is 14.3 Å². The maximum atomic E-state index is 12.9. The first-order valence-electron chi connectivity index (χ1n) is 10.6. The lowest BCUT2D eigenvalue weighted by Gasteiger charge is -2.35. The molecular formula is C22H30N4O3. The van der Waals surface area contributed by atoms with Gasteiger partial charge in [-0.15, -0.1) is 0 Å². The molecule has 156 valence electrons. The minimum absolute atomic E-state index is 0.0893. The summed E-state index contributed by atoms with van der Waals surface area (Å²) in [7, 11) is 0. The van der Waals surface area contributed by atoms with E-state index >= 15 is 0 Å². The van der Waals surface area contributed by atoms with Gasteiger partial charge in [0.15, 0.2) is 5.69 Å². The van der Waals surface area contributed by atoms with E-state index in [1.54, 1.807) is 0 Å². The molecule has 1 amide bonds. The van der Waals surface area contributed by atoms with Gasteiger partial charge in [-0.1, -0.05) is 12.1 Å². The number of amides is 1. The van der Waals surface area contributed by atoms with Crippen LogP contribution in [0.3, 0.4) is 0 Å². The number of benzene rings is 1. The van der Waals surface area contributed by atoms with Gasteiger partial charge in [0.1, 0.15) is 5.75 Å². The first-order chi connectivity index (χ1) is 14.3. The number of nitrogens with zero attached hydrogens (tertiary/aromatic N) is 2. The quantitative estimate of drug-likeness (QED) is 0.749. The molecule has 7 heteroatoms. The van der Waals surface area contributed by atoms with E-state index in [4.69, 9.17) is 9.47 Å². The van der Waals surface area contributed by atoms with Crippen molar-refractivity contribution in [3.05, 3.63) is 46.8 Å². The average Bonchev–Trinajstić information content (AvgIpc) is 3.20. The van der Waals surface area contributed by atoms with Crippen LogP contribution in [-0.2, 0) is 17.6 Å². The zero-order chi connectivity index (χ0) is 20.1. The molecular weight excluding hydrogens is 368 g/mol. The molecule has 1 saturated heterocycles. The second kappa shape index (κ2) is 9.41. The Balaban J connectivity index is 1.47. The molecule has 2 aliphatic rings. The first kappa shape index (κ1) is 19.9. The third-order valence-electron chi connectivity index (χ3n) is 5.79. The molecule has 1 aromatic heterocycles. The van der Waals surface area contributed by atoms with Crippen LogP contribution in [0.25, 0.3) is 0 Å². The van der Waals surface area contributed by atoms with E-state index in [-0.39, 0.29) is 11.9 Å². The van der Waals surface area contributed by atoms with E-state index < -0.39 is 0 Å². The highest BCUT2D eigenvalue weighted by atomic mass is 16.5. The maximum absolute atomic E-state index is 12.9. The molecule has 0 spiro atoms. The van der Waals surface area contributed by atoms with Crippen molar-refractivity contribution in [1.82, 2.24) is 20.4 Å². The van der Waals surface area contributed by atoms with Crippen molar-refractivity contribution in [3.63, 3.8) is 0 Å². The molecule has 2 aromatic rings. The molecule has 0 radical (unpaired) electrons. The van der Waals surface area contributed by atoms with Crippen LogP contribution >= 0.6 is 0 Å². The van der Waals surface area contributed by atoms with E-state index in [1.165, 1.54) is 5.56 Å². The Morgan fingerprint density at radius 2 is 2.00 bits per heavy atom. The summed E-state index contributed by atoms with van der Waals surface area (Å²) in [5.41, 5.74) is 3.95. The number of aryl methyl sites for hydroxylation is 1. The third kappa shape index (κ3) is 4.62. The largest absolute Gasteiger partial charge is 0.494 e. The Labute approximate surface area is 171 Å². The van der Waals surface area contributed by atoms with Crippen LogP contribution < -0.4 is 10.1 Å². The SMILES string of the molecule is CCOc1ccc(C(CNC(=O)c2n[nH]c3c2CCCC3)N2CCOCC2)cc1. The summed E-state index contributed by atoms with van der Waals surface area (Å²) in [5.74, 6) is 0.776. The van der Waals surface area contributed by atoms with Gasteiger partial charge in [0, 0.05) is 30.9 Å². The Kier molecular flexibility index (Phi) is 6.46. The summed E-state index contributed by atoms with van der Waals surface area (Å²) in [6.07, 6.45) is 4.20. The number of hydrogen-bond acceptors (Lipinski definition) is 5. The minimum atomic E-state index is -0.0893. The molecule has 7 nitrogen and oxygen atoms in total. The highest BCUT2D eigenvalue weighted by molar-refractivity contribution is 5.94. The summed E-state index contributed by atoms with van der Waals surface area (Å²) in [6, 6.07) is 8.27. The first-order valence-corrected chi connectivity index (χ1v) is 10.6. The van der Waals surface area contributed by atoms with Crippen molar-refractivity contribution in [2.24, 2.45) is 0 Å². The zero-order valence-electron chi connectivity index (χ0n) is 17.1. The molecule has 29 heavy (non-hydrogen) atoms. The number of carbonyl (C=O) groups is 1. The fraction of sp³-hybridized carbons (Fsp3) is 0.545. The van der Waals surface area contributed by atoms with Crippen LogP contribution in [-0.4, -0.2) is 60.5 Å². The Hall–Kier alpha value is -2.38. The van der Waals surface area contributed by atoms with Crippen molar-refractivity contribution >= 4 is 5.91 Å². The molecule has 1 aliphatic heterocycles. The van der Waals surface area contributed by atoms with Crippen molar-refractivity contribution in [1.29, 1.82) is 0 Å². The molecule has 1 aliphatic carbocycles. The van der Waals surface area contributed by atoms with Crippen LogP contribution in [0, 0.1) is 0 Å². The van der Waals surface area contributed by atoms with E-state index in [0.717, 1.165) is 55.8 Å². The number of ether oxygens (including phenoxy) is 2. The van der Waals surface area contributed by atoms with Gasteiger partial charge in [-0.25, -0.2) is 0 Å². The van der Waals surface area contributed by atoms with Gasteiger partial charge in [0.05, 0.1) is 25.9 Å². The van der Waals surface area contributed by atoms with Gasteiger partial charge in [0.2, 0.25) is 0 Å². The fourth-order valence-electron chi connectivity index (χ4n) is 4.24.